The van der Waals surface area contributed by atoms with Gasteiger partial charge in [0.1, 0.15) is 11.7 Å². The molecule has 0 bridgehead atoms. The molecule has 74 valence electrons. The molecule has 1 aliphatic carbocycles. The van der Waals surface area contributed by atoms with E-state index in [0.717, 1.165) is 6.42 Å². The molecular weight excluding hydrogens is 168 g/mol. The molecule has 1 aliphatic rings. The molecule has 1 saturated carbocycles. The van der Waals surface area contributed by atoms with E-state index in [2.05, 4.69) is 13.2 Å². The Labute approximate surface area is 78.8 Å². The number of rotatable bonds is 2. The number of carbonyl (C=O) groups is 2. The highest BCUT2D eigenvalue weighted by Crippen LogP contribution is 2.22. The predicted octanol–water partition coefficient (Wildman–Crippen LogP) is 1.72. The Morgan fingerprint density at radius 2 is 2.23 bits per heavy atom. The highest BCUT2D eigenvalue weighted by molar-refractivity contribution is 6.00. The van der Waals surface area contributed by atoms with Crippen molar-refractivity contribution in [2.24, 2.45) is 5.92 Å². The van der Waals surface area contributed by atoms with Crippen LogP contribution in [0.15, 0.2) is 13.2 Å². The number of ether oxygens (including phenoxy) is 1. The minimum atomic E-state index is -0.449. The average Bonchev–Trinajstić information content (AvgIpc) is 2.55. The molecular formula is C10H16O3. The molecule has 0 spiro atoms. The molecule has 0 aliphatic heterocycles. The molecule has 0 heterocycles. The van der Waals surface area contributed by atoms with Crippen molar-refractivity contribution in [2.45, 2.75) is 26.2 Å². The second-order valence-corrected chi connectivity index (χ2v) is 2.66. The summed E-state index contributed by atoms with van der Waals surface area (Å²) in [5, 5.41) is 0. The van der Waals surface area contributed by atoms with E-state index < -0.39 is 5.92 Å². The van der Waals surface area contributed by atoms with Gasteiger partial charge in [0.05, 0.1) is 6.61 Å². The Kier molecular flexibility index (Phi) is 5.85. The van der Waals surface area contributed by atoms with Crippen LogP contribution in [0.2, 0.25) is 0 Å². The number of hydrogen-bond acceptors (Lipinski definition) is 3. The van der Waals surface area contributed by atoms with E-state index in [9.17, 15) is 9.59 Å². The molecule has 0 aromatic heterocycles. The van der Waals surface area contributed by atoms with Gasteiger partial charge in [-0.3, -0.25) is 9.59 Å². The number of Topliss-reactive ketones (excluding diaryl/α,β-unsaturated/α-hetero) is 1. The first-order valence-electron chi connectivity index (χ1n) is 4.45. The van der Waals surface area contributed by atoms with Crippen molar-refractivity contribution in [1.29, 1.82) is 0 Å². The van der Waals surface area contributed by atoms with Gasteiger partial charge in [0.25, 0.3) is 0 Å². The van der Waals surface area contributed by atoms with Crippen LogP contribution in [0.3, 0.4) is 0 Å². The summed E-state index contributed by atoms with van der Waals surface area (Å²) in [5.74, 6) is -0.742. The summed E-state index contributed by atoms with van der Waals surface area (Å²) < 4.78 is 4.74. The van der Waals surface area contributed by atoms with E-state index in [0.29, 0.717) is 19.4 Å². The standard InChI is InChI=1S/C8H12O3.C2H4/c1-2-11-8(10)6-4-3-5-7(6)9;1-2/h6H,2-5H2,1H3;1-2H2. The van der Waals surface area contributed by atoms with Crippen LogP contribution in [-0.4, -0.2) is 18.4 Å². The van der Waals surface area contributed by atoms with Crippen LogP contribution < -0.4 is 0 Å². The summed E-state index contributed by atoms with van der Waals surface area (Å²) in [6, 6.07) is 0. The normalized spacial score (nSPS) is 20.4. The highest BCUT2D eigenvalue weighted by atomic mass is 16.5. The molecule has 0 aromatic rings. The van der Waals surface area contributed by atoms with Crippen molar-refractivity contribution >= 4 is 11.8 Å². The van der Waals surface area contributed by atoms with Crippen molar-refractivity contribution in [1.82, 2.24) is 0 Å². The largest absolute Gasteiger partial charge is 0.465 e. The molecule has 13 heavy (non-hydrogen) atoms. The van der Waals surface area contributed by atoms with E-state index in [1.165, 1.54) is 0 Å². The molecule has 1 fully saturated rings. The van der Waals surface area contributed by atoms with Crippen LogP contribution in [-0.2, 0) is 14.3 Å². The van der Waals surface area contributed by atoms with Crippen LogP contribution in [0, 0.1) is 5.92 Å². The SMILES string of the molecule is C=C.CCOC(=O)C1CCCC1=O. The van der Waals surface area contributed by atoms with Gasteiger partial charge in [0.2, 0.25) is 0 Å². The number of hydrogen-bond donors (Lipinski definition) is 0. The van der Waals surface area contributed by atoms with Crippen LogP contribution in [0.25, 0.3) is 0 Å². The Morgan fingerprint density at radius 1 is 1.62 bits per heavy atom. The molecule has 0 amide bonds. The summed E-state index contributed by atoms with van der Waals surface area (Å²) in [6.07, 6.45) is 2.06. The maximum absolute atomic E-state index is 11.0. The first kappa shape index (κ1) is 11.9. The van der Waals surface area contributed by atoms with Gasteiger partial charge in [-0.1, -0.05) is 0 Å². The van der Waals surface area contributed by atoms with Crippen molar-refractivity contribution in [3.05, 3.63) is 13.2 Å². The van der Waals surface area contributed by atoms with Crippen molar-refractivity contribution in [2.75, 3.05) is 6.61 Å². The fraction of sp³-hybridized carbons (Fsp3) is 0.600. The summed E-state index contributed by atoms with van der Waals surface area (Å²) in [4.78, 5) is 22.0. The lowest BCUT2D eigenvalue weighted by Gasteiger charge is -2.05. The number of esters is 1. The first-order valence-corrected chi connectivity index (χ1v) is 4.45. The fourth-order valence-electron chi connectivity index (χ4n) is 1.31. The van der Waals surface area contributed by atoms with Gasteiger partial charge in [-0.05, 0) is 19.8 Å². The Hall–Kier alpha value is -1.12. The molecule has 3 nitrogen and oxygen atoms in total. The summed E-state index contributed by atoms with van der Waals surface area (Å²) in [5.41, 5.74) is 0. The van der Waals surface area contributed by atoms with Crippen LogP contribution in [0.4, 0.5) is 0 Å². The van der Waals surface area contributed by atoms with Gasteiger partial charge in [0, 0.05) is 6.42 Å². The molecule has 1 rings (SSSR count). The van der Waals surface area contributed by atoms with Crippen LogP contribution in [0.5, 0.6) is 0 Å². The zero-order valence-corrected chi connectivity index (χ0v) is 8.04. The third kappa shape index (κ3) is 3.40. The summed E-state index contributed by atoms with van der Waals surface area (Å²) in [7, 11) is 0. The molecule has 0 N–H and O–H groups in total. The summed E-state index contributed by atoms with van der Waals surface area (Å²) in [6.45, 7) is 8.11. The lowest BCUT2D eigenvalue weighted by molar-refractivity contribution is -0.150. The van der Waals surface area contributed by atoms with Gasteiger partial charge >= 0.3 is 5.97 Å². The average molecular weight is 184 g/mol. The Balaban J connectivity index is 0.000000671. The minimum absolute atomic E-state index is 0.0449. The zero-order chi connectivity index (χ0) is 10.3. The van der Waals surface area contributed by atoms with Gasteiger partial charge in [-0.2, -0.15) is 0 Å². The second kappa shape index (κ2) is 6.40. The van der Waals surface area contributed by atoms with Gasteiger partial charge in [-0.25, -0.2) is 0 Å². The van der Waals surface area contributed by atoms with Crippen molar-refractivity contribution in [3.63, 3.8) is 0 Å². The van der Waals surface area contributed by atoms with E-state index in [1.54, 1.807) is 6.92 Å². The van der Waals surface area contributed by atoms with E-state index in [-0.39, 0.29) is 11.8 Å². The lowest BCUT2D eigenvalue weighted by atomic mass is 10.1. The monoisotopic (exact) mass is 184 g/mol. The fourth-order valence-corrected chi connectivity index (χ4v) is 1.31. The minimum Gasteiger partial charge on any atom is -0.465 e. The first-order chi connectivity index (χ1) is 6.25. The lowest BCUT2D eigenvalue weighted by Crippen LogP contribution is -2.21. The molecule has 0 radical (unpaired) electrons. The van der Waals surface area contributed by atoms with E-state index in [1.807, 2.05) is 0 Å². The highest BCUT2D eigenvalue weighted by Gasteiger charge is 2.31. The smallest absolute Gasteiger partial charge is 0.316 e. The Morgan fingerprint density at radius 3 is 2.62 bits per heavy atom. The molecule has 0 saturated heterocycles. The van der Waals surface area contributed by atoms with Crippen LogP contribution >= 0.6 is 0 Å². The van der Waals surface area contributed by atoms with Gasteiger partial charge < -0.3 is 4.74 Å². The quantitative estimate of drug-likeness (QED) is 0.373. The maximum Gasteiger partial charge on any atom is 0.316 e. The topological polar surface area (TPSA) is 43.4 Å². The van der Waals surface area contributed by atoms with E-state index >= 15 is 0 Å². The third-order valence-electron chi connectivity index (χ3n) is 1.88. The second-order valence-electron chi connectivity index (χ2n) is 2.66. The van der Waals surface area contributed by atoms with Crippen molar-refractivity contribution in [3.8, 4) is 0 Å². The van der Waals surface area contributed by atoms with Crippen molar-refractivity contribution < 1.29 is 14.3 Å². The molecule has 3 heteroatoms. The third-order valence-corrected chi connectivity index (χ3v) is 1.88. The molecule has 0 aromatic carbocycles. The predicted molar refractivity (Wildman–Crippen MR) is 50.2 cm³/mol. The van der Waals surface area contributed by atoms with E-state index in [4.69, 9.17) is 4.74 Å². The van der Waals surface area contributed by atoms with Crippen LogP contribution in [0.1, 0.15) is 26.2 Å². The zero-order valence-electron chi connectivity index (χ0n) is 8.04. The number of carbonyl (C=O) groups excluding carboxylic acids is 2. The molecule has 1 unspecified atom stereocenters. The van der Waals surface area contributed by atoms with Gasteiger partial charge in [-0.15, -0.1) is 13.2 Å². The molecule has 1 atom stereocenters. The maximum atomic E-state index is 11.0. The summed E-state index contributed by atoms with van der Waals surface area (Å²) >= 11 is 0. The Bertz CT molecular complexity index is 187. The number of ketones is 1. The van der Waals surface area contributed by atoms with Gasteiger partial charge in [0.15, 0.2) is 0 Å².